The van der Waals surface area contributed by atoms with E-state index in [1.807, 2.05) is 22.4 Å². The second-order valence-electron chi connectivity index (χ2n) is 5.52. The molecule has 3 rings (SSSR count). The molecule has 0 bridgehead atoms. The predicted molar refractivity (Wildman–Crippen MR) is 86.3 cm³/mol. The number of thiazole rings is 1. The molecule has 1 saturated heterocycles. The van der Waals surface area contributed by atoms with Crippen LogP contribution in [0.5, 0.6) is 0 Å². The van der Waals surface area contributed by atoms with Crippen molar-refractivity contribution in [3.63, 3.8) is 0 Å². The average Bonchev–Trinajstić information content (AvgIpc) is 3.06. The van der Waals surface area contributed by atoms with Crippen LogP contribution in [0.25, 0.3) is 10.6 Å². The Kier molecular flexibility index (Phi) is 4.27. The van der Waals surface area contributed by atoms with E-state index in [2.05, 4.69) is 24.0 Å². The van der Waals surface area contributed by atoms with Gasteiger partial charge in [0.1, 0.15) is 5.01 Å². The molecule has 1 unspecified atom stereocenters. The summed E-state index contributed by atoms with van der Waals surface area (Å²) in [5.74, 6) is 1.13. The molecule has 1 atom stereocenters. The van der Waals surface area contributed by atoms with Crippen molar-refractivity contribution in [3.8, 4) is 10.6 Å². The zero-order chi connectivity index (χ0) is 14.8. The maximum atomic E-state index is 12.0. The first-order valence-electron chi connectivity index (χ1n) is 7.04. The molecule has 2 heterocycles. The number of rotatable bonds is 4. The molecule has 1 aliphatic rings. The smallest absolute Gasteiger partial charge is 0.223 e. The van der Waals surface area contributed by atoms with Crippen LogP contribution in [-0.4, -0.2) is 22.3 Å². The predicted octanol–water partition coefficient (Wildman–Crippen LogP) is 3.92. The van der Waals surface area contributed by atoms with Crippen molar-refractivity contribution in [2.24, 2.45) is 5.92 Å². The highest BCUT2D eigenvalue weighted by Crippen LogP contribution is 2.29. The minimum absolute atomic E-state index is 0.248. The lowest BCUT2D eigenvalue weighted by atomic mass is 10.1. The highest BCUT2D eigenvalue weighted by molar-refractivity contribution is 7.13. The zero-order valence-electron chi connectivity index (χ0n) is 11.9. The molecule has 1 fully saturated rings. The minimum Gasteiger partial charge on any atom is -0.338 e. The third-order valence-corrected chi connectivity index (χ3v) is 4.90. The van der Waals surface area contributed by atoms with Crippen LogP contribution in [0.15, 0.2) is 29.6 Å². The van der Waals surface area contributed by atoms with Gasteiger partial charge in [-0.1, -0.05) is 31.2 Å². The van der Waals surface area contributed by atoms with E-state index < -0.39 is 0 Å². The SMILES string of the molecule is CC1CC(=O)N(Cc2ccccc2-c2nc(CCl)cs2)C1. The van der Waals surface area contributed by atoms with E-state index in [1.54, 1.807) is 11.3 Å². The lowest BCUT2D eigenvalue weighted by molar-refractivity contribution is -0.128. The molecular weight excluding hydrogens is 304 g/mol. The van der Waals surface area contributed by atoms with Gasteiger partial charge in [0.05, 0.1) is 11.6 Å². The van der Waals surface area contributed by atoms with Crippen LogP contribution in [0.4, 0.5) is 0 Å². The Labute approximate surface area is 133 Å². The molecule has 2 aromatic rings. The van der Waals surface area contributed by atoms with E-state index in [4.69, 9.17) is 11.6 Å². The molecule has 0 radical (unpaired) electrons. The molecule has 0 saturated carbocycles. The van der Waals surface area contributed by atoms with Crippen LogP contribution in [0.3, 0.4) is 0 Å². The van der Waals surface area contributed by atoms with Crippen molar-refractivity contribution in [2.75, 3.05) is 6.54 Å². The van der Waals surface area contributed by atoms with Crippen molar-refractivity contribution in [2.45, 2.75) is 25.8 Å². The summed E-state index contributed by atoms with van der Waals surface area (Å²) in [7, 11) is 0. The summed E-state index contributed by atoms with van der Waals surface area (Å²) in [5.41, 5.74) is 3.15. The molecule has 1 aliphatic heterocycles. The van der Waals surface area contributed by atoms with Gasteiger partial charge in [0.15, 0.2) is 0 Å². The maximum absolute atomic E-state index is 12.0. The first kappa shape index (κ1) is 14.5. The van der Waals surface area contributed by atoms with Crippen LogP contribution >= 0.6 is 22.9 Å². The molecule has 0 aliphatic carbocycles. The Morgan fingerprint density at radius 2 is 2.24 bits per heavy atom. The van der Waals surface area contributed by atoms with Gasteiger partial charge in [0, 0.05) is 30.5 Å². The van der Waals surface area contributed by atoms with E-state index in [1.165, 1.54) is 0 Å². The normalized spacial score (nSPS) is 18.5. The molecule has 1 aromatic carbocycles. The molecule has 0 N–H and O–H groups in total. The van der Waals surface area contributed by atoms with Gasteiger partial charge in [0.25, 0.3) is 0 Å². The molecule has 3 nitrogen and oxygen atoms in total. The summed E-state index contributed by atoms with van der Waals surface area (Å²) in [6.45, 7) is 3.63. The summed E-state index contributed by atoms with van der Waals surface area (Å²) in [6.07, 6.45) is 0.663. The molecule has 1 aromatic heterocycles. The third kappa shape index (κ3) is 3.11. The quantitative estimate of drug-likeness (QED) is 0.800. The fraction of sp³-hybridized carbons (Fsp3) is 0.375. The van der Waals surface area contributed by atoms with E-state index in [9.17, 15) is 4.79 Å². The first-order chi connectivity index (χ1) is 10.2. The average molecular weight is 321 g/mol. The van der Waals surface area contributed by atoms with Gasteiger partial charge >= 0.3 is 0 Å². The first-order valence-corrected chi connectivity index (χ1v) is 8.45. The fourth-order valence-corrected chi connectivity index (χ4v) is 3.80. The van der Waals surface area contributed by atoms with Crippen LogP contribution in [0, 0.1) is 5.92 Å². The summed E-state index contributed by atoms with van der Waals surface area (Å²) >= 11 is 7.43. The molecule has 0 spiro atoms. The number of carbonyl (C=O) groups is 1. The molecule has 110 valence electrons. The number of likely N-dealkylation sites (tertiary alicyclic amines) is 1. The summed E-state index contributed by atoms with van der Waals surface area (Å²) in [6, 6.07) is 8.16. The second kappa shape index (κ2) is 6.16. The molecule has 1 amide bonds. The Morgan fingerprint density at radius 3 is 2.90 bits per heavy atom. The second-order valence-corrected chi connectivity index (χ2v) is 6.64. The lowest BCUT2D eigenvalue weighted by Gasteiger charge is -2.18. The standard InChI is InChI=1S/C16H17ClN2OS/c1-11-6-15(20)19(8-11)9-12-4-2-3-5-14(12)16-18-13(7-17)10-21-16/h2-5,10-11H,6-9H2,1H3. The lowest BCUT2D eigenvalue weighted by Crippen LogP contribution is -2.24. The van der Waals surface area contributed by atoms with Crippen LogP contribution < -0.4 is 0 Å². The Morgan fingerprint density at radius 1 is 1.43 bits per heavy atom. The Balaban J connectivity index is 1.87. The van der Waals surface area contributed by atoms with Gasteiger partial charge in [-0.3, -0.25) is 4.79 Å². The van der Waals surface area contributed by atoms with E-state index in [0.717, 1.165) is 28.4 Å². The number of alkyl halides is 1. The van der Waals surface area contributed by atoms with Crippen LogP contribution in [0.1, 0.15) is 24.6 Å². The Bertz CT molecular complexity index is 655. The summed E-state index contributed by atoms with van der Waals surface area (Å²) < 4.78 is 0. The topological polar surface area (TPSA) is 33.2 Å². The number of halogens is 1. The van der Waals surface area contributed by atoms with Crippen molar-refractivity contribution in [3.05, 3.63) is 40.9 Å². The molecular formula is C16H17ClN2OS. The van der Waals surface area contributed by atoms with Gasteiger partial charge in [0.2, 0.25) is 5.91 Å². The van der Waals surface area contributed by atoms with Gasteiger partial charge in [-0.15, -0.1) is 22.9 Å². The number of hydrogen-bond acceptors (Lipinski definition) is 3. The van der Waals surface area contributed by atoms with Gasteiger partial charge < -0.3 is 4.90 Å². The largest absolute Gasteiger partial charge is 0.338 e. The number of hydrogen-bond donors (Lipinski definition) is 0. The van der Waals surface area contributed by atoms with E-state index >= 15 is 0 Å². The van der Waals surface area contributed by atoms with Gasteiger partial charge in [-0.2, -0.15) is 0 Å². The number of amides is 1. The van der Waals surface area contributed by atoms with E-state index in [-0.39, 0.29) is 5.91 Å². The number of nitrogens with zero attached hydrogens (tertiary/aromatic N) is 2. The van der Waals surface area contributed by atoms with Crippen molar-refractivity contribution < 1.29 is 4.79 Å². The maximum Gasteiger partial charge on any atom is 0.223 e. The third-order valence-electron chi connectivity index (χ3n) is 3.71. The van der Waals surface area contributed by atoms with Crippen molar-refractivity contribution >= 4 is 28.8 Å². The highest BCUT2D eigenvalue weighted by Gasteiger charge is 2.27. The van der Waals surface area contributed by atoms with Gasteiger partial charge in [-0.25, -0.2) is 4.98 Å². The summed E-state index contributed by atoms with van der Waals surface area (Å²) in [5, 5.41) is 2.96. The monoisotopic (exact) mass is 320 g/mol. The van der Waals surface area contributed by atoms with Crippen LogP contribution in [-0.2, 0) is 17.2 Å². The van der Waals surface area contributed by atoms with E-state index in [0.29, 0.717) is 24.8 Å². The number of aromatic nitrogens is 1. The number of benzene rings is 1. The Hall–Kier alpha value is -1.39. The molecule has 5 heteroatoms. The zero-order valence-corrected chi connectivity index (χ0v) is 13.5. The summed E-state index contributed by atoms with van der Waals surface area (Å²) in [4.78, 5) is 18.5. The van der Waals surface area contributed by atoms with Crippen LogP contribution in [0.2, 0.25) is 0 Å². The van der Waals surface area contributed by atoms with Crippen molar-refractivity contribution in [1.29, 1.82) is 0 Å². The highest BCUT2D eigenvalue weighted by atomic mass is 35.5. The minimum atomic E-state index is 0.248. The van der Waals surface area contributed by atoms with Gasteiger partial charge in [-0.05, 0) is 11.5 Å². The number of carbonyl (C=O) groups excluding carboxylic acids is 1. The fourth-order valence-electron chi connectivity index (χ4n) is 2.69. The van der Waals surface area contributed by atoms with Crippen molar-refractivity contribution in [1.82, 2.24) is 9.88 Å². The molecule has 21 heavy (non-hydrogen) atoms.